The van der Waals surface area contributed by atoms with Crippen LogP contribution in [0.2, 0.25) is 0 Å². The molecule has 0 aromatic carbocycles. The van der Waals surface area contributed by atoms with Crippen molar-refractivity contribution in [1.29, 1.82) is 0 Å². The van der Waals surface area contributed by atoms with Crippen LogP contribution in [0.25, 0.3) is 12.2 Å². The number of aromatic nitrogens is 2. The van der Waals surface area contributed by atoms with Crippen molar-refractivity contribution in [2.75, 3.05) is 0 Å². The summed E-state index contributed by atoms with van der Waals surface area (Å²) in [4.78, 5) is 20.6. The Bertz CT molecular complexity index is 626. The van der Waals surface area contributed by atoms with Gasteiger partial charge in [0.05, 0.1) is 11.2 Å². The zero-order chi connectivity index (χ0) is 13.2. The normalized spacial score (nSPS) is 15.8. The first-order valence-corrected chi connectivity index (χ1v) is 7.68. The summed E-state index contributed by atoms with van der Waals surface area (Å²) in [5, 5.41) is 10.7. The van der Waals surface area contributed by atoms with Crippen LogP contribution in [0.15, 0.2) is 12.4 Å². The third kappa shape index (κ3) is 2.74. The minimum Gasteiger partial charge on any atom is -0.477 e. The fraction of sp³-hybridized carbons (Fsp3) is 0.308. The minimum absolute atomic E-state index is 0.263. The van der Waals surface area contributed by atoms with Gasteiger partial charge in [0.1, 0.15) is 9.88 Å². The van der Waals surface area contributed by atoms with Crippen LogP contribution in [0, 0.1) is 0 Å². The fourth-order valence-electron chi connectivity index (χ4n) is 1.84. The number of carboxylic acids is 1. The van der Waals surface area contributed by atoms with Gasteiger partial charge in [0, 0.05) is 17.0 Å². The third-order valence-corrected chi connectivity index (χ3v) is 5.20. The highest BCUT2D eigenvalue weighted by Crippen LogP contribution is 2.38. The Morgan fingerprint density at radius 1 is 1.26 bits per heavy atom. The lowest BCUT2D eigenvalue weighted by Gasteiger charge is -2.22. The van der Waals surface area contributed by atoms with Crippen LogP contribution in [-0.4, -0.2) is 21.0 Å². The summed E-state index contributed by atoms with van der Waals surface area (Å²) < 4.78 is 0. The van der Waals surface area contributed by atoms with Gasteiger partial charge in [-0.3, -0.25) is 0 Å². The average Bonchev–Trinajstić information content (AvgIpc) is 2.92. The van der Waals surface area contributed by atoms with Crippen molar-refractivity contribution in [1.82, 2.24) is 9.97 Å². The van der Waals surface area contributed by atoms with Crippen LogP contribution in [0.5, 0.6) is 0 Å². The Hall–Kier alpha value is -1.53. The van der Waals surface area contributed by atoms with E-state index in [-0.39, 0.29) is 4.88 Å². The van der Waals surface area contributed by atoms with Gasteiger partial charge in [-0.2, -0.15) is 0 Å². The number of thiazole rings is 2. The van der Waals surface area contributed by atoms with E-state index in [1.54, 1.807) is 11.3 Å². The quantitative estimate of drug-likeness (QED) is 0.932. The lowest BCUT2D eigenvalue weighted by atomic mass is 9.86. The van der Waals surface area contributed by atoms with Crippen molar-refractivity contribution in [2.45, 2.75) is 25.2 Å². The molecule has 0 bridgehead atoms. The highest BCUT2D eigenvalue weighted by atomic mass is 32.1. The number of hydrogen-bond acceptors (Lipinski definition) is 5. The number of rotatable bonds is 4. The summed E-state index contributed by atoms with van der Waals surface area (Å²) in [6, 6.07) is 0. The van der Waals surface area contributed by atoms with E-state index in [0.29, 0.717) is 10.9 Å². The smallest absolute Gasteiger partial charge is 0.347 e. The van der Waals surface area contributed by atoms with Crippen molar-refractivity contribution >= 4 is 40.8 Å². The maximum absolute atomic E-state index is 10.7. The van der Waals surface area contributed by atoms with Gasteiger partial charge in [-0.1, -0.05) is 6.42 Å². The van der Waals surface area contributed by atoms with E-state index in [0.717, 1.165) is 4.88 Å². The predicted octanol–water partition coefficient (Wildman–Crippen LogP) is 3.74. The second-order valence-corrected chi connectivity index (χ2v) is 6.59. The first-order chi connectivity index (χ1) is 9.22. The summed E-state index contributed by atoms with van der Waals surface area (Å²) in [6.07, 6.45) is 10.9. The molecule has 19 heavy (non-hydrogen) atoms. The molecule has 0 aliphatic heterocycles. The molecule has 1 saturated carbocycles. The molecule has 1 N–H and O–H groups in total. The van der Waals surface area contributed by atoms with Gasteiger partial charge in [0.25, 0.3) is 0 Å². The summed E-state index contributed by atoms with van der Waals surface area (Å²) in [6.45, 7) is 0. The van der Waals surface area contributed by atoms with Gasteiger partial charge in [-0.25, -0.2) is 14.8 Å². The Labute approximate surface area is 118 Å². The Morgan fingerprint density at radius 3 is 2.74 bits per heavy atom. The van der Waals surface area contributed by atoms with Crippen LogP contribution in [0.3, 0.4) is 0 Å². The van der Waals surface area contributed by atoms with Crippen LogP contribution in [0.4, 0.5) is 0 Å². The molecule has 1 aliphatic carbocycles. The lowest BCUT2D eigenvalue weighted by molar-refractivity contribution is 0.0702. The molecule has 0 saturated heterocycles. The molecule has 1 aliphatic rings. The summed E-state index contributed by atoms with van der Waals surface area (Å²) in [7, 11) is 0. The average molecular weight is 292 g/mol. The molecule has 1 fully saturated rings. The van der Waals surface area contributed by atoms with Crippen molar-refractivity contribution in [3.05, 3.63) is 32.2 Å². The van der Waals surface area contributed by atoms with Gasteiger partial charge in [0.2, 0.25) is 0 Å². The predicted molar refractivity (Wildman–Crippen MR) is 76.7 cm³/mol. The van der Waals surface area contributed by atoms with Crippen molar-refractivity contribution < 1.29 is 9.90 Å². The van der Waals surface area contributed by atoms with Crippen molar-refractivity contribution in [3.8, 4) is 0 Å². The molecule has 0 amide bonds. The zero-order valence-corrected chi connectivity index (χ0v) is 11.7. The summed E-state index contributed by atoms with van der Waals surface area (Å²) in [5.74, 6) is -0.271. The molecule has 6 heteroatoms. The summed E-state index contributed by atoms with van der Waals surface area (Å²) >= 11 is 2.89. The third-order valence-electron chi connectivity index (χ3n) is 3.12. The lowest BCUT2D eigenvalue weighted by Crippen LogP contribution is -2.07. The second-order valence-electron chi connectivity index (χ2n) is 4.43. The maximum Gasteiger partial charge on any atom is 0.347 e. The molecule has 0 radical (unpaired) electrons. The standard InChI is InChI=1S/C13H12N2O2S2/c16-13(17)10-7-14-11(19-10)5-4-9-6-15-12(18-9)8-2-1-3-8/h4-8H,1-3H2,(H,16,17). The maximum atomic E-state index is 10.7. The molecule has 0 atom stereocenters. The van der Waals surface area contributed by atoms with Crippen LogP contribution >= 0.6 is 22.7 Å². The van der Waals surface area contributed by atoms with Crippen LogP contribution in [0.1, 0.15) is 49.7 Å². The topological polar surface area (TPSA) is 63.1 Å². The number of carbonyl (C=O) groups is 1. The largest absolute Gasteiger partial charge is 0.477 e. The zero-order valence-electron chi connectivity index (χ0n) is 10.1. The van der Waals surface area contributed by atoms with E-state index in [2.05, 4.69) is 9.97 Å². The first-order valence-electron chi connectivity index (χ1n) is 6.05. The number of aromatic carboxylic acids is 1. The van der Waals surface area contributed by atoms with E-state index < -0.39 is 5.97 Å². The summed E-state index contributed by atoms with van der Waals surface area (Å²) in [5.41, 5.74) is 0. The van der Waals surface area contributed by atoms with Crippen molar-refractivity contribution in [3.63, 3.8) is 0 Å². The second kappa shape index (κ2) is 5.22. The van der Waals surface area contributed by atoms with E-state index >= 15 is 0 Å². The number of hydrogen-bond donors (Lipinski definition) is 1. The Kier molecular flexibility index (Phi) is 3.44. The number of nitrogens with zero attached hydrogens (tertiary/aromatic N) is 2. The SMILES string of the molecule is O=C(O)c1cnc(C=Cc2cnc(C3CCC3)s2)s1. The highest BCUT2D eigenvalue weighted by Gasteiger charge is 2.22. The first kappa shape index (κ1) is 12.5. The molecule has 3 rings (SSSR count). The Morgan fingerprint density at radius 2 is 2.11 bits per heavy atom. The molecule has 0 spiro atoms. The van der Waals surface area contributed by atoms with Gasteiger partial charge in [-0.15, -0.1) is 22.7 Å². The molecule has 98 valence electrons. The van der Waals surface area contributed by atoms with Gasteiger partial charge < -0.3 is 5.11 Å². The molecule has 4 nitrogen and oxygen atoms in total. The molecule has 2 aromatic rings. The van der Waals surface area contributed by atoms with Crippen molar-refractivity contribution in [2.24, 2.45) is 0 Å². The van der Waals surface area contributed by atoms with Gasteiger partial charge >= 0.3 is 5.97 Å². The van der Waals surface area contributed by atoms with E-state index in [1.165, 1.54) is 41.8 Å². The fourth-order valence-corrected chi connectivity index (χ4v) is 3.49. The van der Waals surface area contributed by atoms with Crippen LogP contribution in [-0.2, 0) is 0 Å². The molecule has 2 aromatic heterocycles. The highest BCUT2D eigenvalue weighted by molar-refractivity contribution is 7.14. The minimum atomic E-state index is -0.929. The van der Waals surface area contributed by atoms with Gasteiger partial charge in [-0.05, 0) is 25.0 Å². The van der Waals surface area contributed by atoms with E-state index in [4.69, 9.17) is 5.11 Å². The number of carboxylic acid groups (broad SMARTS) is 1. The molecule has 0 unspecified atom stereocenters. The Balaban J connectivity index is 1.70. The molecule has 2 heterocycles. The van der Waals surface area contributed by atoms with Crippen LogP contribution < -0.4 is 0 Å². The monoisotopic (exact) mass is 292 g/mol. The van der Waals surface area contributed by atoms with E-state index in [1.807, 2.05) is 18.3 Å². The van der Waals surface area contributed by atoms with Gasteiger partial charge in [0.15, 0.2) is 0 Å². The molecular formula is C13H12N2O2S2. The van der Waals surface area contributed by atoms with E-state index in [9.17, 15) is 4.79 Å². The molecular weight excluding hydrogens is 280 g/mol.